The number of aromatic nitrogens is 1. The second-order valence-corrected chi connectivity index (χ2v) is 9.38. The summed E-state index contributed by atoms with van der Waals surface area (Å²) in [7, 11) is 0. The average molecular weight is 506 g/mol. The molecule has 1 aromatic heterocycles. The fraction of sp³-hybridized carbons (Fsp3) is 0.129. The number of amides is 2. The van der Waals surface area contributed by atoms with Crippen molar-refractivity contribution in [1.29, 1.82) is 0 Å². The third kappa shape index (κ3) is 5.27. The Balaban J connectivity index is 1.27. The van der Waals surface area contributed by atoms with Crippen molar-refractivity contribution in [2.45, 2.75) is 25.9 Å². The Morgan fingerprint density at radius 1 is 0.605 bits per heavy atom. The predicted octanol–water partition coefficient (Wildman–Crippen LogP) is 5.78. The minimum Gasteiger partial charge on any atom is -0.508 e. The van der Waals surface area contributed by atoms with Crippen molar-refractivity contribution < 1.29 is 19.8 Å². The minimum absolute atomic E-state index is 0.147. The Morgan fingerprint density at radius 3 is 1.45 bits per heavy atom. The highest BCUT2D eigenvalue weighted by molar-refractivity contribution is 5.96. The number of aromatic hydroxyl groups is 2. The van der Waals surface area contributed by atoms with E-state index in [4.69, 9.17) is 0 Å². The number of hydrogen-bond acceptors (Lipinski definition) is 5. The molecule has 0 saturated heterocycles. The van der Waals surface area contributed by atoms with Crippen LogP contribution in [0.1, 0.15) is 58.0 Å². The molecular formula is C31H27N3O4. The van der Waals surface area contributed by atoms with Crippen molar-refractivity contribution in [2.24, 2.45) is 0 Å². The Kier molecular flexibility index (Phi) is 6.66. The molecule has 0 radical (unpaired) electrons. The van der Waals surface area contributed by atoms with Gasteiger partial charge in [-0.1, -0.05) is 42.5 Å². The summed E-state index contributed by atoms with van der Waals surface area (Å²) in [5, 5.41) is 28.9. The number of nitrogens with zero attached hydrogens (tertiary/aromatic N) is 1. The van der Waals surface area contributed by atoms with Crippen LogP contribution < -0.4 is 10.6 Å². The molecule has 0 aliphatic rings. The Hall–Kier alpha value is -4.91. The first-order chi connectivity index (χ1) is 18.3. The van der Waals surface area contributed by atoms with Gasteiger partial charge in [-0.15, -0.1) is 0 Å². The number of nitrogens with one attached hydrogen (secondary N) is 2. The van der Waals surface area contributed by atoms with Gasteiger partial charge in [0.05, 0.1) is 12.1 Å². The second kappa shape index (κ2) is 10.2. The van der Waals surface area contributed by atoms with Crippen LogP contribution in [-0.2, 0) is 0 Å². The molecule has 4 aromatic carbocycles. The molecule has 7 heteroatoms. The predicted molar refractivity (Wildman–Crippen MR) is 147 cm³/mol. The zero-order valence-corrected chi connectivity index (χ0v) is 21.0. The van der Waals surface area contributed by atoms with E-state index in [0.29, 0.717) is 0 Å². The van der Waals surface area contributed by atoms with Gasteiger partial charge >= 0.3 is 0 Å². The molecule has 0 bridgehead atoms. The molecule has 0 saturated carbocycles. The first-order valence-electron chi connectivity index (χ1n) is 12.3. The summed E-state index contributed by atoms with van der Waals surface area (Å²) in [6.07, 6.45) is 0. The summed E-state index contributed by atoms with van der Waals surface area (Å²) in [6.45, 7) is 3.76. The summed E-state index contributed by atoms with van der Waals surface area (Å²) in [5.74, 6) is -0.364. The van der Waals surface area contributed by atoms with Gasteiger partial charge in [0.1, 0.15) is 22.9 Å². The molecule has 38 heavy (non-hydrogen) atoms. The quantitative estimate of drug-likeness (QED) is 0.234. The zero-order chi connectivity index (χ0) is 26.8. The van der Waals surface area contributed by atoms with Gasteiger partial charge in [0.15, 0.2) is 0 Å². The van der Waals surface area contributed by atoms with Crippen LogP contribution in [-0.4, -0.2) is 27.0 Å². The number of benzene rings is 4. The van der Waals surface area contributed by atoms with Gasteiger partial charge in [-0.05, 0) is 95.1 Å². The van der Waals surface area contributed by atoms with Gasteiger partial charge in [0.2, 0.25) is 0 Å². The fourth-order valence-electron chi connectivity index (χ4n) is 4.44. The number of hydrogen-bond donors (Lipinski definition) is 4. The van der Waals surface area contributed by atoms with E-state index in [9.17, 15) is 19.8 Å². The highest BCUT2D eigenvalue weighted by atomic mass is 16.3. The summed E-state index contributed by atoms with van der Waals surface area (Å²) in [4.78, 5) is 30.2. The molecule has 190 valence electrons. The first-order valence-corrected chi connectivity index (χ1v) is 12.3. The van der Waals surface area contributed by atoms with E-state index in [0.717, 1.165) is 32.7 Å². The maximum absolute atomic E-state index is 12.9. The minimum atomic E-state index is -0.385. The molecule has 0 aliphatic carbocycles. The number of carbonyl (C=O) groups excluding carboxylic acids is 2. The number of fused-ring (bicyclic) bond motifs is 2. The lowest BCUT2D eigenvalue weighted by molar-refractivity contribution is 0.0930. The number of phenolic OH excluding ortho intramolecular Hbond substituents is 2. The lowest BCUT2D eigenvalue weighted by Gasteiger charge is -2.16. The van der Waals surface area contributed by atoms with Crippen LogP contribution in [0.15, 0.2) is 91.0 Å². The number of rotatable bonds is 6. The van der Waals surface area contributed by atoms with E-state index >= 15 is 0 Å². The van der Waals surface area contributed by atoms with Crippen LogP contribution in [0.25, 0.3) is 21.5 Å². The van der Waals surface area contributed by atoms with Crippen molar-refractivity contribution in [3.05, 3.63) is 114 Å². The van der Waals surface area contributed by atoms with E-state index in [1.54, 1.807) is 42.5 Å². The first kappa shape index (κ1) is 24.8. The van der Waals surface area contributed by atoms with E-state index in [2.05, 4.69) is 15.6 Å². The molecular weight excluding hydrogens is 478 g/mol. The van der Waals surface area contributed by atoms with Gasteiger partial charge < -0.3 is 20.8 Å². The molecule has 0 fully saturated rings. The molecule has 5 aromatic rings. The zero-order valence-electron chi connectivity index (χ0n) is 21.0. The van der Waals surface area contributed by atoms with Crippen LogP contribution in [0.2, 0.25) is 0 Å². The van der Waals surface area contributed by atoms with E-state index in [1.807, 2.05) is 62.4 Å². The molecule has 5 rings (SSSR count). The molecule has 1 heterocycles. The Bertz CT molecular complexity index is 1560. The maximum atomic E-state index is 12.9. The van der Waals surface area contributed by atoms with Crippen LogP contribution in [0.4, 0.5) is 0 Å². The molecule has 4 N–H and O–H groups in total. The Labute approximate surface area is 219 Å². The molecule has 0 aliphatic heterocycles. The van der Waals surface area contributed by atoms with Crippen molar-refractivity contribution in [1.82, 2.24) is 15.6 Å². The summed E-state index contributed by atoms with van der Waals surface area (Å²) < 4.78 is 0. The summed E-state index contributed by atoms with van der Waals surface area (Å²) >= 11 is 0. The molecule has 2 atom stereocenters. The van der Waals surface area contributed by atoms with E-state index in [-0.39, 0.29) is 46.8 Å². The third-order valence-electron chi connectivity index (χ3n) is 6.61. The van der Waals surface area contributed by atoms with Crippen LogP contribution in [0, 0.1) is 0 Å². The fourth-order valence-corrected chi connectivity index (χ4v) is 4.44. The summed E-state index contributed by atoms with van der Waals surface area (Å²) in [5.41, 5.74) is 2.11. The molecule has 0 unspecified atom stereocenters. The smallest absolute Gasteiger partial charge is 0.270 e. The topological polar surface area (TPSA) is 112 Å². The molecule has 2 amide bonds. The molecule has 0 spiro atoms. The van der Waals surface area contributed by atoms with Gasteiger partial charge in [-0.3, -0.25) is 9.59 Å². The van der Waals surface area contributed by atoms with Crippen molar-refractivity contribution >= 4 is 33.4 Å². The SMILES string of the molecule is C[C@@H](NC(=O)c1cccc(C(=O)N[C@H](C)c2ccc3cc(O)ccc3c2)n1)c1ccc2cc(O)ccc2c1. The summed E-state index contributed by atoms with van der Waals surface area (Å²) in [6, 6.07) is 26.0. The lowest BCUT2D eigenvalue weighted by atomic mass is 10.0. The normalized spacial score (nSPS) is 12.7. The standard InChI is InChI=1S/C31H27N3O4/c1-18(20-6-8-24-16-26(35)12-10-22(24)14-20)32-30(37)28-4-3-5-29(34-28)31(38)33-19(2)21-7-9-25-17-27(36)13-11-23(25)15-21/h3-19,35-36H,1-2H3,(H,32,37)(H,33,38)/t18-,19-/m1/s1. The van der Waals surface area contributed by atoms with Crippen molar-refractivity contribution in [3.8, 4) is 11.5 Å². The van der Waals surface area contributed by atoms with Crippen molar-refractivity contribution in [2.75, 3.05) is 0 Å². The van der Waals surface area contributed by atoms with Gasteiger partial charge in [-0.25, -0.2) is 4.98 Å². The highest BCUT2D eigenvalue weighted by Crippen LogP contribution is 2.25. The highest BCUT2D eigenvalue weighted by Gasteiger charge is 2.17. The van der Waals surface area contributed by atoms with Crippen LogP contribution in [0.5, 0.6) is 11.5 Å². The maximum Gasteiger partial charge on any atom is 0.270 e. The van der Waals surface area contributed by atoms with Gasteiger partial charge in [0.25, 0.3) is 11.8 Å². The van der Waals surface area contributed by atoms with Gasteiger partial charge in [0, 0.05) is 0 Å². The monoisotopic (exact) mass is 505 g/mol. The van der Waals surface area contributed by atoms with E-state index < -0.39 is 0 Å². The van der Waals surface area contributed by atoms with Gasteiger partial charge in [-0.2, -0.15) is 0 Å². The second-order valence-electron chi connectivity index (χ2n) is 9.38. The van der Waals surface area contributed by atoms with Crippen molar-refractivity contribution in [3.63, 3.8) is 0 Å². The number of carbonyl (C=O) groups is 2. The lowest BCUT2D eigenvalue weighted by Crippen LogP contribution is -2.30. The largest absolute Gasteiger partial charge is 0.508 e. The van der Waals surface area contributed by atoms with Crippen LogP contribution >= 0.6 is 0 Å². The number of pyridine rings is 1. The van der Waals surface area contributed by atoms with Crippen LogP contribution in [0.3, 0.4) is 0 Å². The van der Waals surface area contributed by atoms with E-state index in [1.165, 1.54) is 0 Å². The third-order valence-corrected chi connectivity index (χ3v) is 6.61. The Morgan fingerprint density at radius 2 is 1.00 bits per heavy atom. The number of phenols is 2. The molecule has 7 nitrogen and oxygen atoms in total. The average Bonchev–Trinajstić information content (AvgIpc) is 2.92.